The van der Waals surface area contributed by atoms with E-state index in [0.29, 0.717) is 12.1 Å². The third-order valence-electron chi connectivity index (χ3n) is 2.88. The maximum atomic E-state index is 11.8. The molecule has 1 unspecified atom stereocenters. The fraction of sp³-hybridized carbons (Fsp3) is 0.462. The van der Waals surface area contributed by atoms with E-state index < -0.39 is 0 Å². The molecule has 1 atom stereocenters. The molecule has 1 aliphatic heterocycles. The molecule has 1 heterocycles. The number of amides is 1. The average Bonchev–Trinajstić information content (AvgIpc) is 2.89. The zero-order chi connectivity index (χ0) is 12.1. The van der Waals surface area contributed by atoms with E-state index in [1.165, 1.54) is 5.56 Å². The van der Waals surface area contributed by atoms with Crippen molar-refractivity contribution in [2.24, 2.45) is 0 Å². The van der Waals surface area contributed by atoms with Crippen LogP contribution in [-0.4, -0.2) is 25.2 Å². The van der Waals surface area contributed by atoms with Crippen LogP contribution in [0.2, 0.25) is 0 Å². The second-order valence-corrected chi connectivity index (χ2v) is 4.74. The molecule has 0 bridgehead atoms. The molecule has 1 N–H and O–H groups in total. The van der Waals surface area contributed by atoms with Gasteiger partial charge in [0.25, 0.3) is 5.91 Å². The topological polar surface area (TPSA) is 38.3 Å². The number of carbonyl (C=O) groups excluding carboxylic acids is 1. The summed E-state index contributed by atoms with van der Waals surface area (Å²) >= 11 is 3.38. The Morgan fingerprint density at radius 3 is 2.76 bits per heavy atom. The van der Waals surface area contributed by atoms with Gasteiger partial charge in [-0.05, 0) is 30.5 Å². The first kappa shape index (κ1) is 12.6. The van der Waals surface area contributed by atoms with Crippen molar-refractivity contribution in [3.63, 3.8) is 0 Å². The number of benzene rings is 1. The molecule has 1 aromatic rings. The normalized spacial score (nSPS) is 19.2. The second kappa shape index (κ2) is 6.17. The molecular weight excluding hydrogens is 282 g/mol. The van der Waals surface area contributed by atoms with Crippen LogP contribution in [0, 0.1) is 0 Å². The third-order valence-corrected chi connectivity index (χ3v) is 3.53. The van der Waals surface area contributed by atoms with Crippen molar-refractivity contribution in [1.82, 2.24) is 5.32 Å². The number of carbonyl (C=O) groups is 1. The summed E-state index contributed by atoms with van der Waals surface area (Å²) in [7, 11) is 0. The number of halogens is 1. The predicted octanol–water partition coefficient (Wildman–Crippen LogP) is 2.49. The molecule has 92 valence electrons. The summed E-state index contributed by atoms with van der Waals surface area (Å²) < 4.78 is 5.45. The Bertz CT molecular complexity index is 372. The summed E-state index contributed by atoms with van der Waals surface area (Å²) in [5, 5.41) is 3.71. The molecule has 4 heteroatoms. The summed E-state index contributed by atoms with van der Waals surface area (Å²) in [6.07, 6.45) is 2.34. The van der Waals surface area contributed by atoms with Crippen molar-refractivity contribution in [1.29, 1.82) is 0 Å². The summed E-state index contributed by atoms with van der Waals surface area (Å²) in [5.41, 5.74) is 1.87. The molecule has 1 saturated heterocycles. The van der Waals surface area contributed by atoms with E-state index in [0.717, 1.165) is 24.8 Å². The summed E-state index contributed by atoms with van der Waals surface area (Å²) in [6, 6.07) is 7.61. The summed E-state index contributed by atoms with van der Waals surface area (Å²) in [5.74, 6) is -0.0263. The third kappa shape index (κ3) is 3.54. The fourth-order valence-electron chi connectivity index (χ4n) is 1.86. The molecule has 1 aliphatic rings. The molecule has 2 rings (SSSR count). The number of hydrogen-bond donors (Lipinski definition) is 1. The van der Waals surface area contributed by atoms with Crippen LogP contribution < -0.4 is 5.32 Å². The first-order valence-corrected chi connectivity index (χ1v) is 6.96. The molecule has 0 aromatic heterocycles. The largest absolute Gasteiger partial charge is 0.376 e. The predicted molar refractivity (Wildman–Crippen MR) is 70.4 cm³/mol. The van der Waals surface area contributed by atoms with E-state index in [1.54, 1.807) is 0 Å². The standard InChI is InChI=1S/C13H16BrNO2/c14-8-10-3-5-11(6-4-10)13(16)15-9-12-2-1-7-17-12/h3-6,12H,1-2,7-9H2,(H,15,16). The molecular formula is C13H16BrNO2. The van der Waals surface area contributed by atoms with Gasteiger partial charge in [-0.2, -0.15) is 0 Å². The number of alkyl halides is 1. The van der Waals surface area contributed by atoms with Crippen LogP contribution in [0.4, 0.5) is 0 Å². The second-order valence-electron chi connectivity index (χ2n) is 4.18. The lowest BCUT2D eigenvalue weighted by Crippen LogP contribution is -2.31. The van der Waals surface area contributed by atoms with Gasteiger partial charge in [0.05, 0.1) is 6.10 Å². The lowest BCUT2D eigenvalue weighted by Gasteiger charge is -2.10. The van der Waals surface area contributed by atoms with E-state index in [9.17, 15) is 4.79 Å². The van der Waals surface area contributed by atoms with Crippen LogP contribution in [0.3, 0.4) is 0 Å². The highest BCUT2D eigenvalue weighted by molar-refractivity contribution is 9.08. The van der Waals surface area contributed by atoms with Crippen LogP contribution in [0.25, 0.3) is 0 Å². The molecule has 0 saturated carbocycles. The van der Waals surface area contributed by atoms with Gasteiger partial charge in [-0.3, -0.25) is 4.79 Å². The van der Waals surface area contributed by atoms with Crippen LogP contribution in [0.15, 0.2) is 24.3 Å². The highest BCUT2D eigenvalue weighted by Gasteiger charge is 2.16. The van der Waals surface area contributed by atoms with Crippen molar-refractivity contribution in [2.75, 3.05) is 13.2 Å². The van der Waals surface area contributed by atoms with Crippen LogP contribution >= 0.6 is 15.9 Å². The summed E-state index contributed by atoms with van der Waals surface area (Å²) in [4.78, 5) is 11.8. The van der Waals surface area contributed by atoms with Gasteiger partial charge in [0.2, 0.25) is 0 Å². The van der Waals surface area contributed by atoms with E-state index in [1.807, 2.05) is 24.3 Å². The van der Waals surface area contributed by atoms with Crippen molar-refractivity contribution < 1.29 is 9.53 Å². The van der Waals surface area contributed by atoms with E-state index in [-0.39, 0.29) is 12.0 Å². The molecule has 3 nitrogen and oxygen atoms in total. The highest BCUT2D eigenvalue weighted by atomic mass is 79.9. The first-order chi connectivity index (χ1) is 8.29. The van der Waals surface area contributed by atoms with Crippen LogP contribution in [0.5, 0.6) is 0 Å². The Hall–Kier alpha value is -0.870. The van der Waals surface area contributed by atoms with Gasteiger partial charge in [0.15, 0.2) is 0 Å². The van der Waals surface area contributed by atoms with Crippen molar-refractivity contribution >= 4 is 21.8 Å². The number of nitrogens with one attached hydrogen (secondary N) is 1. The minimum absolute atomic E-state index is 0.0263. The van der Waals surface area contributed by atoms with E-state index in [4.69, 9.17) is 4.74 Å². The van der Waals surface area contributed by atoms with E-state index in [2.05, 4.69) is 21.2 Å². The molecule has 0 aliphatic carbocycles. The Morgan fingerprint density at radius 1 is 1.41 bits per heavy atom. The minimum Gasteiger partial charge on any atom is -0.376 e. The molecule has 0 radical (unpaired) electrons. The lowest BCUT2D eigenvalue weighted by atomic mass is 10.1. The average molecular weight is 298 g/mol. The van der Waals surface area contributed by atoms with Gasteiger partial charge >= 0.3 is 0 Å². The number of ether oxygens (including phenoxy) is 1. The smallest absolute Gasteiger partial charge is 0.251 e. The van der Waals surface area contributed by atoms with Crippen molar-refractivity contribution in [3.8, 4) is 0 Å². The molecule has 1 amide bonds. The van der Waals surface area contributed by atoms with E-state index >= 15 is 0 Å². The Kier molecular flexibility index (Phi) is 4.57. The quantitative estimate of drug-likeness (QED) is 0.867. The van der Waals surface area contributed by atoms with Gasteiger partial charge in [0.1, 0.15) is 0 Å². The lowest BCUT2D eigenvalue weighted by molar-refractivity contribution is 0.0858. The molecule has 1 fully saturated rings. The zero-order valence-electron chi connectivity index (χ0n) is 9.62. The molecule has 0 spiro atoms. The van der Waals surface area contributed by atoms with Gasteiger partial charge in [-0.15, -0.1) is 0 Å². The Morgan fingerprint density at radius 2 is 2.18 bits per heavy atom. The Balaban J connectivity index is 1.85. The fourth-order valence-corrected chi connectivity index (χ4v) is 2.23. The van der Waals surface area contributed by atoms with Crippen molar-refractivity contribution in [3.05, 3.63) is 35.4 Å². The molecule has 1 aromatic carbocycles. The van der Waals surface area contributed by atoms with Gasteiger partial charge < -0.3 is 10.1 Å². The highest BCUT2D eigenvalue weighted by Crippen LogP contribution is 2.11. The number of rotatable bonds is 4. The van der Waals surface area contributed by atoms with Crippen LogP contribution in [0.1, 0.15) is 28.8 Å². The monoisotopic (exact) mass is 297 g/mol. The Labute approximate surface area is 110 Å². The van der Waals surface area contributed by atoms with Gasteiger partial charge in [-0.25, -0.2) is 0 Å². The minimum atomic E-state index is -0.0263. The SMILES string of the molecule is O=C(NCC1CCCO1)c1ccc(CBr)cc1. The zero-order valence-corrected chi connectivity index (χ0v) is 11.2. The van der Waals surface area contributed by atoms with Crippen LogP contribution in [-0.2, 0) is 10.1 Å². The summed E-state index contributed by atoms with van der Waals surface area (Å²) in [6.45, 7) is 1.43. The molecule has 17 heavy (non-hydrogen) atoms. The van der Waals surface area contributed by atoms with Gasteiger partial charge in [-0.1, -0.05) is 28.1 Å². The van der Waals surface area contributed by atoms with Gasteiger partial charge in [0, 0.05) is 24.0 Å². The first-order valence-electron chi connectivity index (χ1n) is 5.84. The maximum absolute atomic E-state index is 11.8. The van der Waals surface area contributed by atoms with Crippen molar-refractivity contribution in [2.45, 2.75) is 24.3 Å². The maximum Gasteiger partial charge on any atom is 0.251 e. The number of hydrogen-bond acceptors (Lipinski definition) is 2.